The monoisotopic (exact) mass is 382 g/mol. The van der Waals surface area contributed by atoms with Crippen molar-refractivity contribution in [3.05, 3.63) is 119 Å². The van der Waals surface area contributed by atoms with Crippen molar-refractivity contribution in [1.29, 1.82) is 0 Å². The first-order chi connectivity index (χ1) is 14.3. The molecule has 0 amide bonds. The molecular formula is C26H26N2O. The van der Waals surface area contributed by atoms with Gasteiger partial charge >= 0.3 is 0 Å². The maximum absolute atomic E-state index is 10.9. The minimum Gasteiger partial charge on any atom is -0.384 e. The maximum atomic E-state index is 10.9. The Kier molecular flexibility index (Phi) is 5.76. The van der Waals surface area contributed by atoms with Crippen LogP contribution in [0.25, 0.3) is 4.85 Å². The fraction of sp³-hybridized carbons (Fsp3) is 0.269. The number of benzene rings is 3. The Morgan fingerprint density at radius 1 is 0.862 bits per heavy atom. The summed E-state index contributed by atoms with van der Waals surface area (Å²) in [6.45, 7) is 8.27. The van der Waals surface area contributed by atoms with Crippen molar-refractivity contribution in [3.8, 4) is 0 Å². The minimum atomic E-state index is -0.662. The van der Waals surface area contributed by atoms with E-state index in [-0.39, 0.29) is 12.6 Å². The Balaban J connectivity index is 2.00. The number of aliphatic hydroxyl groups is 1. The molecule has 1 heterocycles. The Bertz CT molecular complexity index is 854. The van der Waals surface area contributed by atoms with Crippen LogP contribution >= 0.6 is 0 Å². The molecule has 3 heteroatoms. The molecule has 0 saturated carbocycles. The first kappa shape index (κ1) is 19.4. The summed E-state index contributed by atoms with van der Waals surface area (Å²) in [6.07, 6.45) is 1.24. The van der Waals surface area contributed by atoms with E-state index in [1.807, 2.05) is 18.2 Å². The van der Waals surface area contributed by atoms with Gasteiger partial charge in [0.1, 0.15) is 6.10 Å². The van der Waals surface area contributed by atoms with Crippen LogP contribution in [0, 0.1) is 6.57 Å². The summed E-state index contributed by atoms with van der Waals surface area (Å²) in [4.78, 5) is 5.92. The average Bonchev–Trinajstić information content (AvgIpc) is 3.27. The fourth-order valence-electron chi connectivity index (χ4n) is 4.86. The Labute approximate surface area is 173 Å². The van der Waals surface area contributed by atoms with Crippen molar-refractivity contribution in [2.45, 2.75) is 30.5 Å². The van der Waals surface area contributed by atoms with Crippen LogP contribution in [0.3, 0.4) is 0 Å². The van der Waals surface area contributed by atoms with Crippen LogP contribution in [-0.4, -0.2) is 35.2 Å². The zero-order valence-corrected chi connectivity index (χ0v) is 16.5. The van der Waals surface area contributed by atoms with Crippen molar-refractivity contribution in [2.75, 3.05) is 13.1 Å². The van der Waals surface area contributed by atoms with Crippen LogP contribution in [0.1, 0.15) is 29.5 Å². The summed E-state index contributed by atoms with van der Waals surface area (Å²) in [5.74, 6) is 0. The molecule has 29 heavy (non-hydrogen) atoms. The number of rotatable bonds is 6. The first-order valence-electron chi connectivity index (χ1n) is 10.2. The molecule has 0 spiro atoms. The van der Waals surface area contributed by atoms with Gasteiger partial charge in [-0.05, 0) is 29.5 Å². The zero-order chi connectivity index (χ0) is 20.1. The predicted molar refractivity (Wildman–Crippen MR) is 116 cm³/mol. The average molecular weight is 383 g/mol. The summed E-state index contributed by atoms with van der Waals surface area (Å²) >= 11 is 0. The van der Waals surface area contributed by atoms with Crippen molar-refractivity contribution in [3.63, 3.8) is 0 Å². The highest BCUT2D eigenvalue weighted by Crippen LogP contribution is 2.46. The van der Waals surface area contributed by atoms with Gasteiger partial charge in [0, 0.05) is 12.6 Å². The van der Waals surface area contributed by atoms with Gasteiger partial charge < -0.3 is 9.95 Å². The molecule has 0 aromatic heterocycles. The Morgan fingerprint density at radius 3 is 1.72 bits per heavy atom. The van der Waals surface area contributed by atoms with Crippen LogP contribution in [0.4, 0.5) is 0 Å². The molecule has 1 N–H and O–H groups in total. The van der Waals surface area contributed by atoms with E-state index in [9.17, 15) is 5.11 Å². The summed E-state index contributed by atoms with van der Waals surface area (Å²) in [5.41, 5.74) is 3.02. The molecule has 1 aliphatic rings. The summed E-state index contributed by atoms with van der Waals surface area (Å²) in [5, 5.41) is 10.9. The second-order valence-electron chi connectivity index (χ2n) is 7.62. The topological polar surface area (TPSA) is 27.8 Å². The van der Waals surface area contributed by atoms with Crippen LogP contribution in [0.2, 0.25) is 0 Å². The molecule has 1 saturated heterocycles. The van der Waals surface area contributed by atoms with Crippen LogP contribution in [0.15, 0.2) is 91.0 Å². The van der Waals surface area contributed by atoms with Crippen LogP contribution < -0.4 is 0 Å². The quantitative estimate of drug-likeness (QED) is 0.493. The molecule has 0 radical (unpaired) electrons. The van der Waals surface area contributed by atoms with E-state index in [1.54, 1.807) is 0 Å². The number of hydrogen-bond acceptors (Lipinski definition) is 2. The number of hydrogen-bond donors (Lipinski definition) is 1. The molecule has 146 valence electrons. The van der Waals surface area contributed by atoms with Gasteiger partial charge in [-0.15, -0.1) is 0 Å². The molecule has 0 aliphatic carbocycles. The fourth-order valence-corrected chi connectivity index (χ4v) is 4.86. The molecule has 4 rings (SSSR count). The third-order valence-corrected chi connectivity index (χ3v) is 6.03. The normalized spacial score (nSPS) is 18.3. The highest BCUT2D eigenvalue weighted by molar-refractivity contribution is 5.50. The molecular weight excluding hydrogens is 356 g/mol. The standard InChI is InChI=1S/C26H26N2O/c1-27-20-25(29)24-18-11-19-28(24)26(21-12-5-2-6-13-21,22-14-7-3-8-15-22)23-16-9-4-10-17-23/h2-10,12-17,24-25,29H,11,18-20H2/t24-,25?/m0/s1. The van der Waals surface area contributed by atoms with Gasteiger partial charge in [-0.1, -0.05) is 91.0 Å². The zero-order valence-electron chi connectivity index (χ0n) is 16.5. The van der Waals surface area contributed by atoms with Crippen molar-refractivity contribution in [1.82, 2.24) is 4.90 Å². The molecule has 1 aliphatic heterocycles. The van der Waals surface area contributed by atoms with Crippen LogP contribution in [-0.2, 0) is 5.54 Å². The summed E-state index contributed by atoms with van der Waals surface area (Å²) in [7, 11) is 0. The molecule has 3 aromatic carbocycles. The van der Waals surface area contributed by atoms with Gasteiger partial charge in [0.2, 0.25) is 6.54 Å². The lowest BCUT2D eigenvalue weighted by molar-refractivity contribution is 0.0420. The summed E-state index contributed by atoms with van der Waals surface area (Å²) < 4.78 is 0. The predicted octanol–water partition coefficient (Wildman–Crippen LogP) is 4.72. The SMILES string of the molecule is [C-]#[N+]CC(O)[C@@H]1CCCN1C(c1ccccc1)(c1ccccc1)c1ccccc1. The molecule has 1 fully saturated rings. The highest BCUT2D eigenvalue weighted by Gasteiger charge is 2.48. The maximum Gasteiger partial charge on any atom is 0.241 e. The van der Waals surface area contributed by atoms with Crippen molar-refractivity contribution >= 4 is 0 Å². The largest absolute Gasteiger partial charge is 0.384 e. The van der Waals surface area contributed by atoms with Crippen molar-refractivity contribution < 1.29 is 5.11 Å². The number of aliphatic hydroxyl groups excluding tert-OH is 1. The van der Waals surface area contributed by atoms with E-state index in [4.69, 9.17) is 6.57 Å². The third-order valence-electron chi connectivity index (χ3n) is 6.03. The molecule has 2 atom stereocenters. The lowest BCUT2D eigenvalue weighted by atomic mass is 9.75. The smallest absolute Gasteiger partial charge is 0.241 e. The van der Waals surface area contributed by atoms with E-state index in [0.717, 1.165) is 19.4 Å². The van der Waals surface area contributed by atoms with Gasteiger partial charge in [0.05, 0.1) is 5.54 Å². The van der Waals surface area contributed by atoms with Gasteiger partial charge in [-0.2, -0.15) is 0 Å². The third kappa shape index (κ3) is 3.46. The molecule has 0 bridgehead atoms. The highest BCUT2D eigenvalue weighted by atomic mass is 16.3. The lowest BCUT2D eigenvalue weighted by Gasteiger charge is -2.47. The van der Waals surface area contributed by atoms with Gasteiger partial charge in [-0.3, -0.25) is 4.90 Å². The van der Waals surface area contributed by atoms with E-state index in [0.29, 0.717) is 0 Å². The molecule has 3 nitrogen and oxygen atoms in total. The number of nitrogens with zero attached hydrogens (tertiary/aromatic N) is 2. The van der Waals surface area contributed by atoms with Crippen molar-refractivity contribution in [2.24, 2.45) is 0 Å². The molecule has 1 unspecified atom stereocenters. The summed E-state index contributed by atoms with van der Waals surface area (Å²) in [6, 6.07) is 31.6. The van der Waals surface area contributed by atoms with E-state index in [2.05, 4.69) is 82.5 Å². The van der Waals surface area contributed by atoms with E-state index >= 15 is 0 Å². The first-order valence-corrected chi connectivity index (χ1v) is 10.2. The second-order valence-corrected chi connectivity index (χ2v) is 7.62. The van der Waals surface area contributed by atoms with Gasteiger partial charge in [0.15, 0.2) is 0 Å². The number of likely N-dealkylation sites (tertiary alicyclic amines) is 1. The van der Waals surface area contributed by atoms with E-state index in [1.165, 1.54) is 16.7 Å². The van der Waals surface area contributed by atoms with Gasteiger partial charge in [-0.25, -0.2) is 6.57 Å². The van der Waals surface area contributed by atoms with E-state index < -0.39 is 11.6 Å². The second kappa shape index (κ2) is 8.61. The van der Waals surface area contributed by atoms with Crippen LogP contribution in [0.5, 0.6) is 0 Å². The van der Waals surface area contributed by atoms with Gasteiger partial charge in [0.25, 0.3) is 0 Å². The Hall–Kier alpha value is -2.93. The minimum absolute atomic E-state index is 0.0651. The Morgan fingerprint density at radius 2 is 1.31 bits per heavy atom. The molecule has 3 aromatic rings. The lowest BCUT2D eigenvalue weighted by Crippen LogP contribution is -2.54.